The van der Waals surface area contributed by atoms with E-state index in [9.17, 15) is 14.9 Å². The number of nitriles is 1. The van der Waals surface area contributed by atoms with Gasteiger partial charge in [-0.1, -0.05) is 30.3 Å². The molecule has 0 spiro atoms. The third kappa shape index (κ3) is 5.35. The Balaban J connectivity index is 1.87. The molecule has 0 radical (unpaired) electrons. The summed E-state index contributed by atoms with van der Waals surface area (Å²) in [7, 11) is 0. The highest BCUT2D eigenvalue weighted by Gasteiger charge is 2.29. The molecule has 1 saturated heterocycles. The van der Waals surface area contributed by atoms with Gasteiger partial charge >= 0.3 is 5.97 Å². The zero-order valence-corrected chi connectivity index (χ0v) is 14.4. The fourth-order valence-corrected chi connectivity index (χ4v) is 2.76. The number of rotatable bonds is 6. The molecule has 0 atom stereocenters. The molecule has 2 rings (SSSR count). The lowest BCUT2D eigenvalue weighted by Gasteiger charge is -2.30. The van der Waals surface area contributed by atoms with E-state index >= 15 is 0 Å². The fraction of sp³-hybridized carbons (Fsp3) is 0.421. The summed E-state index contributed by atoms with van der Waals surface area (Å²) in [6, 6.07) is 11.7. The van der Waals surface area contributed by atoms with E-state index in [1.54, 1.807) is 11.8 Å². The molecule has 0 aromatic heterocycles. The smallest absolute Gasteiger partial charge is 0.309 e. The molecule has 1 amide bonds. The van der Waals surface area contributed by atoms with Crippen LogP contribution >= 0.6 is 0 Å². The summed E-state index contributed by atoms with van der Waals surface area (Å²) in [5.41, 5.74) is 1.14. The first-order chi connectivity index (χ1) is 12.2. The van der Waals surface area contributed by atoms with Gasteiger partial charge in [-0.15, -0.1) is 0 Å². The topological polar surface area (TPSA) is 82.4 Å². The third-order valence-corrected chi connectivity index (χ3v) is 4.15. The third-order valence-electron chi connectivity index (χ3n) is 4.15. The molecule has 1 aromatic carbocycles. The zero-order valence-electron chi connectivity index (χ0n) is 14.4. The number of esters is 1. The predicted octanol–water partition coefficient (Wildman–Crippen LogP) is 1.99. The van der Waals surface area contributed by atoms with E-state index in [2.05, 4.69) is 5.32 Å². The van der Waals surface area contributed by atoms with E-state index in [0.29, 0.717) is 39.1 Å². The fourth-order valence-electron chi connectivity index (χ4n) is 2.76. The van der Waals surface area contributed by atoms with Crippen molar-refractivity contribution in [2.24, 2.45) is 5.92 Å². The van der Waals surface area contributed by atoms with Gasteiger partial charge in [-0.05, 0) is 25.3 Å². The average Bonchev–Trinajstić information content (AvgIpc) is 2.66. The highest BCUT2D eigenvalue weighted by Crippen LogP contribution is 2.20. The molecule has 1 heterocycles. The van der Waals surface area contributed by atoms with Gasteiger partial charge in [0.25, 0.3) is 5.91 Å². The van der Waals surface area contributed by atoms with Crippen LogP contribution in [-0.2, 0) is 20.9 Å². The number of piperidine rings is 1. The maximum Gasteiger partial charge on any atom is 0.309 e. The van der Waals surface area contributed by atoms with Crippen molar-refractivity contribution in [3.63, 3.8) is 0 Å². The molecule has 6 heteroatoms. The van der Waals surface area contributed by atoms with E-state index in [0.717, 1.165) is 5.56 Å². The predicted molar refractivity (Wildman–Crippen MR) is 92.9 cm³/mol. The number of amides is 1. The highest BCUT2D eigenvalue weighted by atomic mass is 16.5. The molecule has 132 valence electrons. The molecule has 1 aliphatic heterocycles. The molecular formula is C19H23N3O3. The van der Waals surface area contributed by atoms with Gasteiger partial charge in [0.1, 0.15) is 11.6 Å². The first-order valence-corrected chi connectivity index (χ1v) is 8.49. The number of hydrogen-bond acceptors (Lipinski definition) is 5. The monoisotopic (exact) mass is 341 g/mol. The molecule has 0 aliphatic carbocycles. The number of carbonyl (C=O) groups excluding carboxylic acids is 2. The Hall–Kier alpha value is -2.81. The lowest BCUT2D eigenvalue weighted by Crippen LogP contribution is -2.41. The van der Waals surface area contributed by atoms with Crippen LogP contribution in [0.1, 0.15) is 25.3 Å². The molecule has 1 aromatic rings. The van der Waals surface area contributed by atoms with Crippen molar-refractivity contribution in [3.05, 3.63) is 47.7 Å². The summed E-state index contributed by atoms with van der Waals surface area (Å²) in [5.74, 6) is -0.657. The molecule has 1 aliphatic rings. The summed E-state index contributed by atoms with van der Waals surface area (Å²) in [6.45, 7) is 3.61. The second kappa shape index (κ2) is 9.48. The van der Waals surface area contributed by atoms with Crippen LogP contribution in [0.4, 0.5) is 0 Å². The molecule has 1 fully saturated rings. The molecule has 1 N–H and O–H groups in total. The minimum absolute atomic E-state index is 0.0746. The maximum absolute atomic E-state index is 12.5. The highest BCUT2D eigenvalue weighted by molar-refractivity contribution is 5.97. The van der Waals surface area contributed by atoms with Gasteiger partial charge in [0.15, 0.2) is 0 Å². The molecule has 25 heavy (non-hydrogen) atoms. The first-order valence-electron chi connectivity index (χ1n) is 8.49. The maximum atomic E-state index is 12.5. The second-order valence-electron chi connectivity index (χ2n) is 5.85. The molecule has 6 nitrogen and oxygen atoms in total. The van der Waals surface area contributed by atoms with Crippen molar-refractivity contribution in [1.82, 2.24) is 10.2 Å². The SMILES string of the molecule is CCOC(=O)C1CCN(C(=O)/C(C#N)=C\NCc2ccccc2)CC1. The summed E-state index contributed by atoms with van der Waals surface area (Å²) in [5, 5.41) is 12.3. The van der Waals surface area contributed by atoms with Gasteiger partial charge in [-0.2, -0.15) is 5.26 Å². The summed E-state index contributed by atoms with van der Waals surface area (Å²) >= 11 is 0. The van der Waals surface area contributed by atoms with Crippen LogP contribution in [0.15, 0.2) is 42.1 Å². The normalized spacial score (nSPS) is 15.4. The van der Waals surface area contributed by atoms with Gasteiger partial charge in [0, 0.05) is 25.8 Å². The number of benzene rings is 1. The van der Waals surface area contributed by atoms with Crippen LogP contribution in [0, 0.1) is 17.2 Å². The molecule has 0 unspecified atom stereocenters. The number of carbonyl (C=O) groups is 2. The average molecular weight is 341 g/mol. The number of ether oxygens (including phenoxy) is 1. The summed E-state index contributed by atoms with van der Waals surface area (Å²) in [6.07, 6.45) is 2.61. The van der Waals surface area contributed by atoms with Crippen molar-refractivity contribution < 1.29 is 14.3 Å². The Bertz CT molecular complexity index is 656. The van der Waals surface area contributed by atoms with E-state index in [1.165, 1.54) is 6.20 Å². The lowest BCUT2D eigenvalue weighted by atomic mass is 9.96. The van der Waals surface area contributed by atoms with Crippen molar-refractivity contribution >= 4 is 11.9 Å². The Labute approximate surface area is 148 Å². The van der Waals surface area contributed by atoms with Crippen LogP contribution in [-0.4, -0.2) is 36.5 Å². The number of nitrogens with one attached hydrogen (secondary N) is 1. The van der Waals surface area contributed by atoms with Crippen LogP contribution < -0.4 is 5.32 Å². The summed E-state index contributed by atoms with van der Waals surface area (Å²) in [4.78, 5) is 25.8. The van der Waals surface area contributed by atoms with Gasteiger partial charge < -0.3 is 15.0 Å². The minimum atomic E-state index is -0.301. The van der Waals surface area contributed by atoms with Crippen LogP contribution in [0.25, 0.3) is 0 Å². The molecular weight excluding hydrogens is 318 g/mol. The second-order valence-corrected chi connectivity index (χ2v) is 5.85. The molecule has 0 saturated carbocycles. The lowest BCUT2D eigenvalue weighted by molar-refractivity contribution is -0.150. The van der Waals surface area contributed by atoms with E-state index in [4.69, 9.17) is 4.74 Å². The Morgan fingerprint density at radius 3 is 2.60 bits per heavy atom. The van der Waals surface area contributed by atoms with Crippen molar-refractivity contribution in [3.8, 4) is 6.07 Å². The number of hydrogen-bond donors (Lipinski definition) is 1. The zero-order chi connectivity index (χ0) is 18.1. The summed E-state index contributed by atoms with van der Waals surface area (Å²) < 4.78 is 5.02. The van der Waals surface area contributed by atoms with E-state index in [1.807, 2.05) is 36.4 Å². The largest absolute Gasteiger partial charge is 0.466 e. The Kier molecular flexibility index (Phi) is 7.02. The van der Waals surface area contributed by atoms with E-state index < -0.39 is 0 Å². The Morgan fingerprint density at radius 2 is 2.00 bits per heavy atom. The van der Waals surface area contributed by atoms with Crippen LogP contribution in [0.5, 0.6) is 0 Å². The number of nitrogens with zero attached hydrogens (tertiary/aromatic N) is 2. The van der Waals surface area contributed by atoms with Gasteiger partial charge in [0.05, 0.1) is 12.5 Å². The first kappa shape index (κ1) is 18.5. The van der Waals surface area contributed by atoms with Crippen LogP contribution in [0.2, 0.25) is 0 Å². The van der Waals surface area contributed by atoms with Gasteiger partial charge in [0.2, 0.25) is 0 Å². The Morgan fingerprint density at radius 1 is 1.32 bits per heavy atom. The standard InChI is InChI=1S/C19H23N3O3/c1-2-25-19(24)16-8-10-22(11-9-16)18(23)17(12-20)14-21-13-15-6-4-3-5-7-15/h3-7,14,16,21H,2,8-11,13H2,1H3/b17-14-. The van der Waals surface area contributed by atoms with Gasteiger partial charge in [-0.25, -0.2) is 0 Å². The van der Waals surface area contributed by atoms with Crippen LogP contribution in [0.3, 0.4) is 0 Å². The number of likely N-dealkylation sites (tertiary alicyclic amines) is 1. The van der Waals surface area contributed by atoms with E-state index in [-0.39, 0.29) is 23.4 Å². The quantitative estimate of drug-likeness (QED) is 0.486. The minimum Gasteiger partial charge on any atom is -0.466 e. The van der Waals surface area contributed by atoms with Crippen molar-refractivity contribution in [2.45, 2.75) is 26.3 Å². The molecule has 0 bridgehead atoms. The van der Waals surface area contributed by atoms with Crippen molar-refractivity contribution in [2.75, 3.05) is 19.7 Å². The van der Waals surface area contributed by atoms with Gasteiger partial charge in [-0.3, -0.25) is 9.59 Å². The van der Waals surface area contributed by atoms with Crippen molar-refractivity contribution in [1.29, 1.82) is 5.26 Å².